The molecule has 1 aliphatic heterocycles. The molecule has 2 amide bonds. The van der Waals surface area contributed by atoms with Gasteiger partial charge in [-0.3, -0.25) is 0 Å². The molecule has 0 aromatic heterocycles. The highest BCUT2D eigenvalue weighted by Gasteiger charge is 2.34. The fourth-order valence-corrected chi connectivity index (χ4v) is 3.94. The number of halogens is 1. The van der Waals surface area contributed by atoms with Gasteiger partial charge in [0.2, 0.25) is 0 Å². The third kappa shape index (κ3) is 4.36. The third-order valence-electron chi connectivity index (χ3n) is 4.50. The van der Waals surface area contributed by atoms with E-state index in [4.69, 9.17) is 4.74 Å². The van der Waals surface area contributed by atoms with Crippen molar-refractivity contribution in [2.24, 2.45) is 0 Å². The van der Waals surface area contributed by atoms with Crippen LogP contribution < -0.4 is 10.6 Å². The number of hydrogen-bond acceptors (Lipinski definition) is 4. The molecule has 146 valence electrons. The van der Waals surface area contributed by atoms with Crippen LogP contribution in [0.1, 0.15) is 22.7 Å². The minimum Gasteiger partial charge on any atom is -0.466 e. The number of ether oxygens (including phenoxy) is 1. The standard InChI is InChI=1S/C21H21FN2O3S/c1-12-4-5-13(2)16(10-12)19-18(20(25)27-3)17(23-21(26)24-19)11-28-15-8-6-14(22)7-9-15/h4-10,19H,11H2,1-3H3,(H2,23,24,26)/t19-/m1/s1. The zero-order valence-corrected chi connectivity index (χ0v) is 16.7. The molecule has 5 nitrogen and oxygen atoms in total. The zero-order chi connectivity index (χ0) is 20.3. The number of rotatable bonds is 5. The van der Waals surface area contributed by atoms with Gasteiger partial charge in [0.25, 0.3) is 0 Å². The summed E-state index contributed by atoms with van der Waals surface area (Å²) in [5, 5.41) is 5.57. The summed E-state index contributed by atoms with van der Waals surface area (Å²) in [6, 6.07) is 11.0. The first kappa shape index (κ1) is 19.9. The second-order valence-corrected chi connectivity index (χ2v) is 7.57. The molecule has 0 fully saturated rings. The molecule has 0 radical (unpaired) electrons. The van der Waals surface area contributed by atoms with Crippen molar-refractivity contribution in [3.05, 3.63) is 76.2 Å². The second kappa shape index (κ2) is 8.48. The maximum atomic E-state index is 13.1. The molecule has 0 saturated heterocycles. The Kier molecular flexibility index (Phi) is 6.04. The Morgan fingerprint density at radius 1 is 1.18 bits per heavy atom. The van der Waals surface area contributed by atoms with Crippen molar-refractivity contribution in [3.8, 4) is 0 Å². The number of urea groups is 1. The summed E-state index contributed by atoms with van der Waals surface area (Å²) in [5.41, 5.74) is 3.69. The van der Waals surface area contributed by atoms with Gasteiger partial charge in [-0.25, -0.2) is 14.0 Å². The Morgan fingerprint density at radius 3 is 2.57 bits per heavy atom. The van der Waals surface area contributed by atoms with Gasteiger partial charge in [0.15, 0.2) is 0 Å². The summed E-state index contributed by atoms with van der Waals surface area (Å²) in [5.74, 6) is -0.484. The van der Waals surface area contributed by atoms with E-state index in [0.717, 1.165) is 21.6 Å². The number of nitrogens with one attached hydrogen (secondary N) is 2. The second-order valence-electron chi connectivity index (χ2n) is 6.52. The quantitative estimate of drug-likeness (QED) is 0.588. The van der Waals surface area contributed by atoms with Crippen molar-refractivity contribution >= 4 is 23.8 Å². The number of amides is 2. The number of esters is 1. The lowest BCUT2D eigenvalue weighted by molar-refractivity contribution is -0.136. The molecule has 0 saturated carbocycles. The molecule has 1 atom stereocenters. The van der Waals surface area contributed by atoms with Gasteiger partial charge >= 0.3 is 12.0 Å². The molecule has 7 heteroatoms. The fourth-order valence-electron chi connectivity index (χ4n) is 3.07. The van der Waals surface area contributed by atoms with Crippen molar-refractivity contribution in [3.63, 3.8) is 0 Å². The molecule has 0 aliphatic carbocycles. The Bertz CT molecular complexity index is 941. The van der Waals surface area contributed by atoms with Crippen LogP contribution in [-0.4, -0.2) is 24.9 Å². The van der Waals surface area contributed by atoms with Crippen LogP contribution in [-0.2, 0) is 9.53 Å². The van der Waals surface area contributed by atoms with E-state index in [0.29, 0.717) is 17.0 Å². The molecule has 1 aliphatic rings. The van der Waals surface area contributed by atoms with Crippen LogP contribution in [0.2, 0.25) is 0 Å². The van der Waals surface area contributed by atoms with Crippen molar-refractivity contribution in [2.45, 2.75) is 24.8 Å². The maximum absolute atomic E-state index is 13.1. The normalized spacial score (nSPS) is 16.4. The lowest BCUT2D eigenvalue weighted by Crippen LogP contribution is -2.46. The highest BCUT2D eigenvalue weighted by molar-refractivity contribution is 7.99. The summed E-state index contributed by atoms with van der Waals surface area (Å²) >= 11 is 1.40. The minimum absolute atomic E-state index is 0.316. The summed E-state index contributed by atoms with van der Waals surface area (Å²) in [6.45, 7) is 3.89. The first-order valence-corrected chi connectivity index (χ1v) is 9.72. The smallest absolute Gasteiger partial charge is 0.338 e. The average molecular weight is 400 g/mol. The summed E-state index contributed by atoms with van der Waals surface area (Å²) in [7, 11) is 1.32. The SMILES string of the molecule is COC(=O)C1=C(CSc2ccc(F)cc2)NC(=O)N[C@@H]1c1cc(C)ccc1C. The summed E-state index contributed by atoms with van der Waals surface area (Å²) < 4.78 is 18.1. The Hall–Kier alpha value is -2.80. The first-order valence-electron chi connectivity index (χ1n) is 8.73. The molecule has 0 spiro atoms. The van der Waals surface area contributed by atoms with E-state index in [9.17, 15) is 14.0 Å². The summed E-state index contributed by atoms with van der Waals surface area (Å²) in [6.07, 6.45) is 0. The van der Waals surface area contributed by atoms with Gasteiger partial charge in [-0.05, 0) is 49.2 Å². The monoisotopic (exact) mass is 400 g/mol. The van der Waals surface area contributed by atoms with E-state index >= 15 is 0 Å². The van der Waals surface area contributed by atoms with E-state index in [1.165, 1.54) is 31.0 Å². The molecule has 2 N–H and O–H groups in total. The lowest BCUT2D eigenvalue weighted by Gasteiger charge is -2.30. The molecular weight excluding hydrogens is 379 g/mol. The van der Waals surface area contributed by atoms with Crippen LogP contribution in [0.5, 0.6) is 0 Å². The Morgan fingerprint density at radius 2 is 1.89 bits per heavy atom. The largest absolute Gasteiger partial charge is 0.466 e. The van der Waals surface area contributed by atoms with Crippen LogP contribution in [0.25, 0.3) is 0 Å². The number of hydrogen-bond donors (Lipinski definition) is 2. The number of benzene rings is 2. The van der Waals surface area contributed by atoms with E-state index in [-0.39, 0.29) is 11.8 Å². The van der Waals surface area contributed by atoms with Crippen LogP contribution in [0, 0.1) is 19.7 Å². The molecule has 1 heterocycles. The van der Waals surface area contributed by atoms with Crippen LogP contribution in [0.15, 0.2) is 58.6 Å². The van der Waals surface area contributed by atoms with Gasteiger partial charge in [-0.2, -0.15) is 0 Å². The van der Waals surface area contributed by atoms with Crippen LogP contribution in [0.4, 0.5) is 9.18 Å². The molecule has 0 unspecified atom stereocenters. The van der Waals surface area contributed by atoms with Crippen LogP contribution >= 0.6 is 11.8 Å². The molecule has 0 bridgehead atoms. The number of aryl methyl sites for hydroxylation is 2. The van der Waals surface area contributed by atoms with Crippen molar-refractivity contribution in [1.29, 1.82) is 0 Å². The van der Waals surface area contributed by atoms with E-state index in [2.05, 4.69) is 10.6 Å². The van der Waals surface area contributed by atoms with Crippen molar-refractivity contribution in [2.75, 3.05) is 12.9 Å². The van der Waals surface area contributed by atoms with Crippen LogP contribution in [0.3, 0.4) is 0 Å². The van der Waals surface area contributed by atoms with Gasteiger partial charge in [0.05, 0.1) is 18.7 Å². The van der Waals surface area contributed by atoms with E-state index in [1.54, 1.807) is 12.1 Å². The van der Waals surface area contributed by atoms with Crippen molar-refractivity contribution < 1.29 is 18.7 Å². The maximum Gasteiger partial charge on any atom is 0.338 e. The van der Waals surface area contributed by atoms with Gasteiger partial charge in [-0.15, -0.1) is 11.8 Å². The van der Waals surface area contributed by atoms with Gasteiger partial charge in [0, 0.05) is 16.3 Å². The van der Waals surface area contributed by atoms with Gasteiger partial charge in [-0.1, -0.05) is 23.8 Å². The first-order chi connectivity index (χ1) is 13.4. The number of methoxy groups -OCH3 is 1. The molecule has 28 heavy (non-hydrogen) atoms. The molecule has 3 rings (SSSR count). The number of carbonyl (C=O) groups is 2. The van der Waals surface area contributed by atoms with Gasteiger partial charge < -0.3 is 15.4 Å². The molecular formula is C21H21FN2O3S. The fraction of sp³-hybridized carbons (Fsp3) is 0.238. The highest BCUT2D eigenvalue weighted by Crippen LogP contribution is 2.32. The minimum atomic E-state index is -0.607. The number of carbonyl (C=O) groups excluding carboxylic acids is 2. The molecule has 2 aromatic rings. The van der Waals surface area contributed by atoms with Crippen molar-refractivity contribution in [1.82, 2.24) is 10.6 Å². The lowest BCUT2D eigenvalue weighted by atomic mass is 9.91. The Balaban J connectivity index is 2.00. The average Bonchev–Trinajstić information content (AvgIpc) is 2.68. The highest BCUT2D eigenvalue weighted by atomic mass is 32.2. The van der Waals surface area contributed by atoms with E-state index < -0.39 is 12.0 Å². The summed E-state index contributed by atoms with van der Waals surface area (Å²) in [4.78, 5) is 25.7. The molecule has 2 aromatic carbocycles. The predicted molar refractivity (Wildman–Crippen MR) is 106 cm³/mol. The predicted octanol–water partition coefficient (Wildman–Crippen LogP) is 4.02. The third-order valence-corrected chi connectivity index (χ3v) is 5.54. The Labute approximate surface area is 167 Å². The topological polar surface area (TPSA) is 67.4 Å². The van der Waals surface area contributed by atoms with Gasteiger partial charge in [0.1, 0.15) is 5.82 Å². The van der Waals surface area contributed by atoms with E-state index in [1.807, 2.05) is 32.0 Å². The zero-order valence-electron chi connectivity index (χ0n) is 15.8. The number of thioether (sulfide) groups is 1.